The van der Waals surface area contributed by atoms with E-state index in [0.29, 0.717) is 17.5 Å². The van der Waals surface area contributed by atoms with Gasteiger partial charge in [-0.05, 0) is 45.7 Å². The molecule has 0 spiro atoms. The number of carbonyl (C=O) groups excluding carboxylic acids is 5. The summed E-state index contributed by atoms with van der Waals surface area (Å²) >= 11 is 0. The van der Waals surface area contributed by atoms with Gasteiger partial charge in [0.2, 0.25) is 17.7 Å². The molecule has 11 heteroatoms. The molecule has 0 aliphatic rings. The van der Waals surface area contributed by atoms with Gasteiger partial charge in [-0.2, -0.15) is 0 Å². The number of primary amides is 1. The molecule has 1 aromatic carbocycles. The summed E-state index contributed by atoms with van der Waals surface area (Å²) in [7, 11) is 1.17. The number of alkyl carbamates (subject to hydrolysis) is 1. The summed E-state index contributed by atoms with van der Waals surface area (Å²) in [5, 5.41) is 4.87. The van der Waals surface area contributed by atoms with Gasteiger partial charge in [-0.15, -0.1) is 6.42 Å². The Morgan fingerprint density at radius 1 is 1.16 bits per heavy atom. The van der Waals surface area contributed by atoms with Crippen LogP contribution in [-0.2, 0) is 28.7 Å². The van der Waals surface area contributed by atoms with E-state index in [2.05, 4.69) is 21.3 Å². The molecule has 0 saturated heterocycles. The first-order chi connectivity index (χ1) is 17.2. The molecule has 0 heterocycles. The number of nitrogens with one attached hydrogen (secondary N) is 2. The number of amides is 4. The van der Waals surface area contributed by atoms with Crippen LogP contribution in [0.15, 0.2) is 24.3 Å². The van der Waals surface area contributed by atoms with Crippen LogP contribution >= 0.6 is 0 Å². The minimum atomic E-state index is -1.43. The van der Waals surface area contributed by atoms with Crippen LogP contribution in [0.3, 0.4) is 0 Å². The molecule has 0 radical (unpaired) electrons. The van der Waals surface area contributed by atoms with Gasteiger partial charge in [-0.1, -0.05) is 31.0 Å². The normalized spacial score (nSPS) is 13.2. The number of methoxy groups -OCH3 is 1. The summed E-state index contributed by atoms with van der Waals surface area (Å²) in [4.78, 5) is 64.6. The van der Waals surface area contributed by atoms with Crippen LogP contribution < -0.4 is 16.4 Å². The van der Waals surface area contributed by atoms with E-state index in [1.54, 1.807) is 58.9 Å². The zero-order valence-electron chi connectivity index (χ0n) is 22.1. The molecule has 0 bridgehead atoms. The lowest BCUT2D eigenvalue weighted by atomic mass is 9.95. The number of hydrogen-bond donors (Lipinski definition) is 3. The van der Waals surface area contributed by atoms with Gasteiger partial charge in [0.25, 0.3) is 0 Å². The molecule has 4 amide bonds. The van der Waals surface area contributed by atoms with Gasteiger partial charge in [0.1, 0.15) is 24.2 Å². The molecule has 1 rings (SSSR count). The van der Waals surface area contributed by atoms with E-state index in [1.165, 1.54) is 12.0 Å². The van der Waals surface area contributed by atoms with Gasteiger partial charge in [-0.25, -0.2) is 4.79 Å². The molecule has 3 unspecified atom stereocenters. The molecule has 0 aliphatic heterocycles. The minimum Gasteiger partial charge on any atom is -0.468 e. The van der Waals surface area contributed by atoms with Crippen molar-refractivity contribution in [2.24, 2.45) is 5.73 Å². The third-order valence-corrected chi connectivity index (χ3v) is 5.29. The fourth-order valence-electron chi connectivity index (χ4n) is 3.44. The number of hydrogen-bond acceptors (Lipinski definition) is 7. The maximum Gasteiger partial charge on any atom is 0.408 e. The molecule has 37 heavy (non-hydrogen) atoms. The Balaban J connectivity index is 3.62. The van der Waals surface area contributed by atoms with Gasteiger partial charge >= 0.3 is 12.1 Å². The van der Waals surface area contributed by atoms with Crippen LogP contribution in [-0.4, -0.2) is 66.0 Å². The number of nitrogens with zero attached hydrogens (tertiary/aromatic N) is 1. The molecule has 0 aromatic heterocycles. The summed E-state index contributed by atoms with van der Waals surface area (Å²) in [5.74, 6) is -0.518. The van der Waals surface area contributed by atoms with E-state index < -0.39 is 66.5 Å². The van der Waals surface area contributed by atoms with E-state index in [-0.39, 0.29) is 0 Å². The number of rotatable bonds is 11. The Kier molecular flexibility index (Phi) is 11.6. The standard InChI is InChI=1S/C26H36N4O7/c1-8-16(3)30(24(34)19(14-20(27)31)29-25(35)37-26(4,5)6)22(23(33)28-15-21(32)36-7)18-13-11-10-12-17(18)9-2/h2,10-13,16,19,22H,8,14-15H2,1,3-7H3,(H2,27,31)(H,28,33)(H,29,35). The lowest BCUT2D eigenvalue weighted by Crippen LogP contribution is -2.56. The molecule has 11 nitrogen and oxygen atoms in total. The third kappa shape index (κ3) is 9.48. The molecule has 4 N–H and O–H groups in total. The Bertz CT molecular complexity index is 1040. The average molecular weight is 517 g/mol. The maximum atomic E-state index is 13.9. The Morgan fingerprint density at radius 3 is 2.30 bits per heavy atom. The van der Waals surface area contributed by atoms with Crippen molar-refractivity contribution in [3.8, 4) is 12.3 Å². The first-order valence-corrected chi connectivity index (χ1v) is 11.8. The van der Waals surface area contributed by atoms with E-state index in [4.69, 9.17) is 16.9 Å². The highest BCUT2D eigenvalue weighted by atomic mass is 16.6. The highest BCUT2D eigenvalue weighted by Crippen LogP contribution is 2.29. The van der Waals surface area contributed by atoms with Crippen LogP contribution in [0.4, 0.5) is 4.79 Å². The monoisotopic (exact) mass is 516 g/mol. The van der Waals surface area contributed by atoms with Gasteiger partial charge in [-0.3, -0.25) is 19.2 Å². The highest BCUT2D eigenvalue weighted by Gasteiger charge is 2.39. The van der Waals surface area contributed by atoms with Gasteiger partial charge in [0.15, 0.2) is 0 Å². The van der Waals surface area contributed by atoms with Crippen LogP contribution in [0, 0.1) is 12.3 Å². The summed E-state index contributed by atoms with van der Waals surface area (Å²) in [6.45, 7) is 7.97. The van der Waals surface area contributed by atoms with Crippen LogP contribution in [0.2, 0.25) is 0 Å². The van der Waals surface area contributed by atoms with Gasteiger partial charge < -0.3 is 30.7 Å². The predicted octanol–water partition coefficient (Wildman–Crippen LogP) is 1.39. The zero-order chi connectivity index (χ0) is 28.3. The number of ether oxygens (including phenoxy) is 2. The molecule has 0 aliphatic carbocycles. The Hall–Kier alpha value is -4.07. The number of nitrogens with two attached hydrogens (primary N) is 1. The van der Waals surface area contributed by atoms with Crippen molar-refractivity contribution in [3.63, 3.8) is 0 Å². The fourth-order valence-corrected chi connectivity index (χ4v) is 3.44. The van der Waals surface area contributed by atoms with Gasteiger partial charge in [0.05, 0.1) is 13.5 Å². The highest BCUT2D eigenvalue weighted by molar-refractivity contribution is 5.95. The first-order valence-electron chi connectivity index (χ1n) is 11.8. The smallest absolute Gasteiger partial charge is 0.408 e. The van der Waals surface area contributed by atoms with Crippen LogP contribution in [0.1, 0.15) is 64.6 Å². The quantitative estimate of drug-likeness (QED) is 0.296. The van der Waals surface area contributed by atoms with Crippen molar-refractivity contribution in [3.05, 3.63) is 35.4 Å². The number of terminal acetylenes is 1. The molecule has 1 aromatic rings. The SMILES string of the molecule is C#Cc1ccccc1C(C(=O)NCC(=O)OC)N(C(=O)C(CC(N)=O)NC(=O)OC(C)(C)C)C(C)CC. The van der Waals surface area contributed by atoms with Crippen molar-refractivity contribution in [1.29, 1.82) is 0 Å². The van der Waals surface area contributed by atoms with E-state index in [1.807, 2.05) is 0 Å². The summed E-state index contributed by atoms with van der Waals surface area (Å²) in [6.07, 6.45) is 4.60. The topological polar surface area (TPSA) is 157 Å². The number of esters is 1. The molecule has 202 valence electrons. The van der Waals surface area contributed by atoms with Crippen molar-refractivity contribution in [2.45, 2.75) is 71.2 Å². The second-order valence-electron chi connectivity index (χ2n) is 9.30. The first kappa shape index (κ1) is 31.0. The molecule has 0 saturated carbocycles. The van der Waals surface area contributed by atoms with E-state index in [9.17, 15) is 24.0 Å². The Labute approximate surface area is 217 Å². The largest absolute Gasteiger partial charge is 0.468 e. The summed E-state index contributed by atoms with van der Waals surface area (Å²) < 4.78 is 9.84. The summed E-state index contributed by atoms with van der Waals surface area (Å²) in [5.41, 5.74) is 5.16. The lowest BCUT2D eigenvalue weighted by molar-refractivity contribution is -0.147. The van der Waals surface area contributed by atoms with E-state index in [0.717, 1.165) is 0 Å². The second kappa shape index (κ2) is 13.9. The van der Waals surface area contributed by atoms with Crippen molar-refractivity contribution >= 4 is 29.8 Å². The fraction of sp³-hybridized carbons (Fsp3) is 0.500. The average Bonchev–Trinajstić information content (AvgIpc) is 2.82. The number of benzene rings is 1. The minimum absolute atomic E-state index is 0.316. The second-order valence-corrected chi connectivity index (χ2v) is 9.30. The van der Waals surface area contributed by atoms with Crippen LogP contribution in [0.25, 0.3) is 0 Å². The van der Waals surface area contributed by atoms with Crippen molar-refractivity contribution < 1.29 is 33.4 Å². The predicted molar refractivity (Wildman–Crippen MR) is 136 cm³/mol. The molecule has 0 fully saturated rings. The zero-order valence-corrected chi connectivity index (χ0v) is 22.1. The van der Waals surface area contributed by atoms with Crippen molar-refractivity contribution in [2.75, 3.05) is 13.7 Å². The van der Waals surface area contributed by atoms with Gasteiger partial charge in [0, 0.05) is 11.6 Å². The number of carbonyl (C=O) groups is 5. The molecule has 3 atom stereocenters. The van der Waals surface area contributed by atoms with Crippen LogP contribution in [0.5, 0.6) is 0 Å². The maximum absolute atomic E-state index is 13.9. The van der Waals surface area contributed by atoms with Crippen molar-refractivity contribution in [1.82, 2.24) is 15.5 Å². The lowest BCUT2D eigenvalue weighted by Gasteiger charge is -2.38. The summed E-state index contributed by atoms with van der Waals surface area (Å²) in [6, 6.07) is 3.21. The van der Waals surface area contributed by atoms with E-state index >= 15 is 0 Å². The molecular formula is C26H36N4O7. The molecular weight excluding hydrogens is 480 g/mol. The third-order valence-electron chi connectivity index (χ3n) is 5.29. The Morgan fingerprint density at radius 2 is 1.78 bits per heavy atom.